The SMILES string of the molecule is CCOC(=O)CN1C(=O)N=C(n2cccn2)N(Cc2ccc(Cl)cc2)C1O. The highest BCUT2D eigenvalue weighted by atomic mass is 35.5. The van der Waals surface area contributed by atoms with Crippen molar-refractivity contribution in [3.63, 3.8) is 0 Å². The number of carbonyl (C=O) groups excluding carboxylic acids is 2. The number of nitrogens with zero attached hydrogens (tertiary/aromatic N) is 5. The summed E-state index contributed by atoms with van der Waals surface area (Å²) in [5, 5.41) is 15.4. The summed E-state index contributed by atoms with van der Waals surface area (Å²) >= 11 is 5.92. The lowest BCUT2D eigenvalue weighted by Crippen LogP contribution is -2.59. The minimum absolute atomic E-state index is 0.146. The van der Waals surface area contributed by atoms with Crippen LogP contribution in [0.1, 0.15) is 12.5 Å². The van der Waals surface area contributed by atoms with Gasteiger partial charge in [0.15, 0.2) is 0 Å². The summed E-state index contributed by atoms with van der Waals surface area (Å²) in [6.45, 7) is 1.63. The Balaban J connectivity index is 1.92. The number of aliphatic hydroxyl groups is 1. The van der Waals surface area contributed by atoms with E-state index in [0.29, 0.717) is 5.02 Å². The van der Waals surface area contributed by atoms with Crippen LogP contribution >= 0.6 is 11.6 Å². The maximum atomic E-state index is 12.4. The summed E-state index contributed by atoms with van der Waals surface area (Å²) in [6.07, 6.45) is 1.72. The fourth-order valence-electron chi connectivity index (χ4n) is 2.59. The van der Waals surface area contributed by atoms with Gasteiger partial charge in [-0.15, -0.1) is 0 Å². The lowest BCUT2D eigenvalue weighted by Gasteiger charge is -2.39. The summed E-state index contributed by atoms with van der Waals surface area (Å²) in [5.41, 5.74) is 0.823. The third kappa shape index (κ3) is 4.26. The first-order chi connectivity index (χ1) is 13.0. The largest absolute Gasteiger partial charge is 0.465 e. The monoisotopic (exact) mass is 391 g/mol. The lowest BCUT2D eigenvalue weighted by atomic mass is 10.2. The van der Waals surface area contributed by atoms with Gasteiger partial charge in [0.25, 0.3) is 0 Å². The second kappa shape index (κ2) is 8.19. The predicted molar refractivity (Wildman–Crippen MR) is 96.8 cm³/mol. The fraction of sp³-hybridized carbons (Fsp3) is 0.294. The summed E-state index contributed by atoms with van der Waals surface area (Å²) < 4.78 is 6.24. The lowest BCUT2D eigenvalue weighted by molar-refractivity contribution is -0.149. The Bertz CT molecular complexity index is 838. The molecule has 1 aromatic carbocycles. The Hall–Kier alpha value is -2.91. The number of rotatable bonds is 5. The predicted octanol–water partition coefficient (Wildman–Crippen LogP) is 1.52. The Labute approximate surface area is 160 Å². The Kier molecular flexibility index (Phi) is 5.72. The van der Waals surface area contributed by atoms with Crippen LogP contribution in [-0.4, -0.2) is 62.2 Å². The molecule has 1 unspecified atom stereocenters. The van der Waals surface area contributed by atoms with E-state index < -0.39 is 24.9 Å². The third-order valence-corrected chi connectivity index (χ3v) is 4.09. The molecule has 2 aromatic rings. The smallest absolute Gasteiger partial charge is 0.350 e. The molecule has 9 nitrogen and oxygen atoms in total. The van der Waals surface area contributed by atoms with Gasteiger partial charge in [0.05, 0.1) is 13.2 Å². The van der Waals surface area contributed by atoms with E-state index in [1.165, 1.54) is 15.8 Å². The van der Waals surface area contributed by atoms with Crippen molar-refractivity contribution in [2.75, 3.05) is 13.2 Å². The van der Waals surface area contributed by atoms with Gasteiger partial charge in [0.2, 0.25) is 12.3 Å². The van der Waals surface area contributed by atoms with Crippen molar-refractivity contribution in [3.05, 3.63) is 53.3 Å². The average Bonchev–Trinajstić information content (AvgIpc) is 3.17. The van der Waals surface area contributed by atoms with Gasteiger partial charge < -0.3 is 9.84 Å². The van der Waals surface area contributed by atoms with E-state index in [9.17, 15) is 14.7 Å². The maximum absolute atomic E-state index is 12.4. The number of urea groups is 1. The molecular weight excluding hydrogens is 374 g/mol. The van der Waals surface area contributed by atoms with Crippen LogP contribution in [-0.2, 0) is 16.1 Å². The minimum Gasteiger partial charge on any atom is -0.465 e. The van der Waals surface area contributed by atoms with Crippen molar-refractivity contribution in [2.24, 2.45) is 4.99 Å². The summed E-state index contributed by atoms with van der Waals surface area (Å²) in [6, 6.07) is 7.95. The molecule has 2 heterocycles. The van der Waals surface area contributed by atoms with Gasteiger partial charge in [0.1, 0.15) is 6.54 Å². The molecule has 0 bridgehead atoms. The average molecular weight is 392 g/mol. The second-order valence-electron chi connectivity index (χ2n) is 5.68. The van der Waals surface area contributed by atoms with Gasteiger partial charge in [-0.05, 0) is 30.7 Å². The normalized spacial score (nSPS) is 17.1. The van der Waals surface area contributed by atoms with Crippen molar-refractivity contribution in [1.29, 1.82) is 0 Å². The fourth-order valence-corrected chi connectivity index (χ4v) is 2.71. The van der Waals surface area contributed by atoms with E-state index in [1.54, 1.807) is 43.5 Å². The number of ether oxygens (including phenoxy) is 1. The molecule has 1 aromatic heterocycles. The maximum Gasteiger partial charge on any atom is 0.350 e. The Morgan fingerprint density at radius 1 is 1.30 bits per heavy atom. The van der Waals surface area contributed by atoms with Crippen molar-refractivity contribution < 1.29 is 19.4 Å². The van der Waals surface area contributed by atoms with E-state index in [4.69, 9.17) is 16.3 Å². The molecule has 0 spiro atoms. The number of hydrogen-bond donors (Lipinski definition) is 1. The topological polar surface area (TPSA) is 100 Å². The highest BCUT2D eigenvalue weighted by molar-refractivity contribution is 6.30. The van der Waals surface area contributed by atoms with E-state index in [1.807, 2.05) is 0 Å². The van der Waals surface area contributed by atoms with Crippen LogP contribution in [0.4, 0.5) is 4.79 Å². The molecule has 0 saturated carbocycles. The summed E-state index contributed by atoms with van der Waals surface area (Å²) in [7, 11) is 0. The molecule has 0 saturated heterocycles. The molecule has 1 aliphatic heterocycles. The number of benzene rings is 1. The number of aromatic nitrogens is 2. The van der Waals surface area contributed by atoms with Crippen LogP contribution in [0.2, 0.25) is 5.02 Å². The number of esters is 1. The zero-order valence-electron chi connectivity index (χ0n) is 14.5. The van der Waals surface area contributed by atoms with E-state index in [0.717, 1.165) is 10.5 Å². The highest BCUT2D eigenvalue weighted by Gasteiger charge is 2.37. The zero-order chi connectivity index (χ0) is 19.4. The molecular formula is C17H18ClN5O4. The standard InChI is InChI=1S/C17H18ClN5O4/c1-2-27-14(24)11-22-16(25)20-15(23-9-3-8-19-23)21(17(22)26)10-12-4-6-13(18)7-5-12/h3-9,17,26H,2,10-11H2,1H3. The quantitative estimate of drug-likeness (QED) is 0.775. The molecule has 1 N–H and O–H groups in total. The van der Waals surface area contributed by atoms with Crippen LogP contribution in [0.25, 0.3) is 0 Å². The van der Waals surface area contributed by atoms with Crippen LogP contribution in [0.3, 0.4) is 0 Å². The minimum atomic E-state index is -1.42. The Morgan fingerprint density at radius 2 is 2.04 bits per heavy atom. The van der Waals surface area contributed by atoms with E-state index in [-0.39, 0.29) is 19.1 Å². The molecule has 27 heavy (non-hydrogen) atoms. The highest BCUT2D eigenvalue weighted by Crippen LogP contribution is 2.19. The number of halogens is 1. The van der Waals surface area contributed by atoms with Crippen molar-refractivity contribution in [3.8, 4) is 0 Å². The number of aliphatic imine (C=N–C) groups is 1. The summed E-state index contributed by atoms with van der Waals surface area (Å²) in [5.74, 6) is -0.485. The number of amides is 2. The molecule has 0 fully saturated rings. The first-order valence-electron chi connectivity index (χ1n) is 8.23. The molecule has 142 valence electrons. The Morgan fingerprint density at radius 3 is 2.67 bits per heavy atom. The van der Waals surface area contributed by atoms with Crippen molar-refractivity contribution in [1.82, 2.24) is 19.6 Å². The second-order valence-corrected chi connectivity index (χ2v) is 6.12. The summed E-state index contributed by atoms with van der Waals surface area (Å²) in [4.78, 5) is 30.6. The van der Waals surface area contributed by atoms with Crippen LogP contribution in [0.15, 0.2) is 47.7 Å². The molecule has 0 aliphatic carbocycles. The zero-order valence-corrected chi connectivity index (χ0v) is 15.3. The van der Waals surface area contributed by atoms with Gasteiger partial charge in [-0.2, -0.15) is 10.1 Å². The van der Waals surface area contributed by atoms with Crippen molar-refractivity contribution >= 4 is 29.6 Å². The molecule has 3 rings (SSSR count). The molecule has 2 amide bonds. The molecule has 1 atom stereocenters. The van der Waals surface area contributed by atoms with Gasteiger partial charge in [0, 0.05) is 17.4 Å². The first-order valence-corrected chi connectivity index (χ1v) is 8.61. The van der Waals surface area contributed by atoms with Gasteiger partial charge in [-0.25, -0.2) is 9.48 Å². The molecule has 0 radical (unpaired) electrons. The van der Waals surface area contributed by atoms with Gasteiger partial charge >= 0.3 is 12.0 Å². The third-order valence-electron chi connectivity index (χ3n) is 3.84. The number of carbonyl (C=O) groups is 2. The number of hydrogen-bond acceptors (Lipinski definition) is 6. The van der Waals surface area contributed by atoms with Crippen molar-refractivity contribution in [2.45, 2.75) is 19.8 Å². The van der Waals surface area contributed by atoms with Gasteiger partial charge in [-0.3, -0.25) is 14.6 Å². The van der Waals surface area contributed by atoms with Crippen LogP contribution < -0.4 is 0 Å². The van der Waals surface area contributed by atoms with Crippen LogP contribution in [0, 0.1) is 0 Å². The van der Waals surface area contributed by atoms with Gasteiger partial charge in [-0.1, -0.05) is 23.7 Å². The number of aliphatic hydroxyl groups excluding tert-OH is 1. The van der Waals surface area contributed by atoms with Crippen LogP contribution in [0.5, 0.6) is 0 Å². The van der Waals surface area contributed by atoms with E-state index >= 15 is 0 Å². The first kappa shape index (κ1) is 18.9. The van der Waals surface area contributed by atoms with E-state index in [2.05, 4.69) is 10.1 Å². The molecule has 1 aliphatic rings. The molecule has 10 heteroatoms.